The van der Waals surface area contributed by atoms with Gasteiger partial charge < -0.3 is 36.7 Å². The van der Waals surface area contributed by atoms with Gasteiger partial charge in [0.05, 0.1) is 0 Å². The Morgan fingerprint density at radius 1 is 1.18 bits per heavy atom. The molecule has 2 atom stereocenters. The van der Waals surface area contributed by atoms with Crippen LogP contribution in [0.3, 0.4) is 0 Å². The third-order valence-electron chi connectivity index (χ3n) is 5.03. The van der Waals surface area contributed by atoms with Gasteiger partial charge in [-0.25, -0.2) is 0 Å². The largest absolute Gasteiger partial charge is 0.480 e. The van der Waals surface area contributed by atoms with Crippen LogP contribution in [0.2, 0.25) is 0 Å². The molecule has 0 bridgehead atoms. The number of oxime groups is 1. The minimum Gasteiger partial charge on any atom is -0.480 e. The predicted octanol–water partition coefficient (Wildman–Crippen LogP) is -1.31. The predicted molar refractivity (Wildman–Crippen MR) is 119 cm³/mol. The Morgan fingerprint density at radius 2 is 1.82 bits per heavy atom. The molecule has 33 heavy (non-hydrogen) atoms. The molecule has 0 aromatic heterocycles. The second kappa shape index (κ2) is 14.3. The first-order chi connectivity index (χ1) is 15.5. The Morgan fingerprint density at radius 3 is 2.36 bits per heavy atom. The van der Waals surface area contributed by atoms with Crippen LogP contribution in [0.4, 0.5) is 0 Å². The van der Waals surface area contributed by atoms with E-state index in [0.29, 0.717) is 19.0 Å². The number of hydrogen-bond acceptors (Lipinski definition) is 9. The summed E-state index contributed by atoms with van der Waals surface area (Å²) in [6, 6.07) is -2.40. The van der Waals surface area contributed by atoms with Crippen LogP contribution in [-0.2, 0) is 24.0 Å². The van der Waals surface area contributed by atoms with Gasteiger partial charge >= 0.3 is 11.9 Å². The molecule has 1 fully saturated rings. The van der Waals surface area contributed by atoms with E-state index in [9.17, 15) is 29.2 Å². The average Bonchev–Trinajstić information content (AvgIpc) is 2.77. The van der Waals surface area contributed by atoms with Crippen molar-refractivity contribution in [3.8, 4) is 0 Å². The number of nitrogens with zero attached hydrogens (tertiary/aromatic N) is 2. The quantitative estimate of drug-likeness (QED) is 0.102. The van der Waals surface area contributed by atoms with E-state index < -0.39 is 48.3 Å². The first kappa shape index (κ1) is 28.2. The van der Waals surface area contributed by atoms with E-state index in [2.05, 4.69) is 22.7 Å². The molecule has 0 saturated carbocycles. The molecule has 0 radical (unpaired) electrons. The topological polar surface area (TPSA) is 212 Å². The Balaban J connectivity index is 2.66. The van der Waals surface area contributed by atoms with Crippen molar-refractivity contribution in [3.63, 3.8) is 0 Å². The fourth-order valence-electron chi connectivity index (χ4n) is 2.95. The lowest BCUT2D eigenvalue weighted by Gasteiger charge is -2.30. The van der Waals surface area contributed by atoms with Gasteiger partial charge in [0.25, 0.3) is 5.91 Å². The van der Waals surface area contributed by atoms with E-state index in [1.165, 1.54) is 0 Å². The van der Waals surface area contributed by atoms with E-state index in [0.717, 1.165) is 24.6 Å². The maximum Gasteiger partial charge on any atom is 0.322 e. The molecule has 1 rings (SSSR count). The smallest absolute Gasteiger partial charge is 0.322 e. The maximum absolute atomic E-state index is 12.6. The SMILES string of the molecule is CC1CCN(C(=O)/C(CSCC(NC(=O)CCC(N)C(=O)O)C(=O)NCC(=O)O)=N\O)CC1. The van der Waals surface area contributed by atoms with E-state index in [4.69, 9.17) is 15.9 Å². The number of rotatable bonds is 13. The molecule has 7 N–H and O–H groups in total. The molecule has 0 aromatic carbocycles. The van der Waals surface area contributed by atoms with Gasteiger partial charge in [-0.15, -0.1) is 0 Å². The summed E-state index contributed by atoms with van der Waals surface area (Å²) in [5.74, 6) is -3.93. The van der Waals surface area contributed by atoms with Crippen molar-refractivity contribution < 1.29 is 39.4 Å². The molecule has 0 aromatic rings. The number of nitrogens with one attached hydrogen (secondary N) is 2. The highest BCUT2D eigenvalue weighted by Crippen LogP contribution is 2.17. The number of carbonyl (C=O) groups is 5. The van der Waals surface area contributed by atoms with Crippen molar-refractivity contribution in [2.45, 2.75) is 44.7 Å². The summed E-state index contributed by atoms with van der Waals surface area (Å²) in [6.07, 6.45) is 1.29. The highest BCUT2D eigenvalue weighted by Gasteiger charge is 2.26. The van der Waals surface area contributed by atoms with Crippen LogP contribution in [0.1, 0.15) is 32.6 Å². The van der Waals surface area contributed by atoms with Crippen LogP contribution in [0.5, 0.6) is 0 Å². The third kappa shape index (κ3) is 10.5. The fraction of sp³-hybridized carbons (Fsp3) is 0.684. The lowest BCUT2D eigenvalue weighted by molar-refractivity contribution is -0.139. The first-order valence-electron chi connectivity index (χ1n) is 10.4. The Hall–Kier alpha value is -2.87. The van der Waals surface area contributed by atoms with Crippen LogP contribution < -0.4 is 16.4 Å². The van der Waals surface area contributed by atoms with Gasteiger partial charge in [-0.05, 0) is 25.2 Å². The van der Waals surface area contributed by atoms with E-state index in [-0.39, 0.29) is 30.1 Å². The number of piperidine rings is 1. The zero-order valence-corrected chi connectivity index (χ0v) is 19.2. The van der Waals surface area contributed by atoms with Crippen molar-refractivity contribution in [2.75, 3.05) is 31.1 Å². The number of carboxylic acid groups (broad SMARTS) is 2. The van der Waals surface area contributed by atoms with E-state index >= 15 is 0 Å². The van der Waals surface area contributed by atoms with Crippen LogP contribution in [0.15, 0.2) is 5.16 Å². The molecule has 186 valence electrons. The van der Waals surface area contributed by atoms with Crippen LogP contribution in [0, 0.1) is 5.92 Å². The van der Waals surface area contributed by atoms with Crippen LogP contribution >= 0.6 is 11.8 Å². The highest BCUT2D eigenvalue weighted by molar-refractivity contribution is 8.00. The van der Waals surface area contributed by atoms with Crippen LogP contribution in [-0.4, -0.2) is 98.9 Å². The monoisotopic (exact) mass is 489 g/mol. The number of amides is 3. The van der Waals surface area contributed by atoms with E-state index in [1.54, 1.807) is 4.90 Å². The minimum atomic E-state index is -1.27. The molecule has 3 amide bonds. The lowest BCUT2D eigenvalue weighted by Crippen LogP contribution is -2.49. The van der Waals surface area contributed by atoms with Crippen LogP contribution in [0.25, 0.3) is 0 Å². The number of hydrogen-bond donors (Lipinski definition) is 6. The van der Waals surface area contributed by atoms with Crippen molar-refractivity contribution in [3.05, 3.63) is 0 Å². The van der Waals surface area contributed by atoms with Crippen molar-refractivity contribution in [1.82, 2.24) is 15.5 Å². The zero-order valence-electron chi connectivity index (χ0n) is 18.4. The summed E-state index contributed by atoms with van der Waals surface area (Å²) < 4.78 is 0. The summed E-state index contributed by atoms with van der Waals surface area (Å²) in [5, 5.41) is 34.4. The van der Waals surface area contributed by atoms with Gasteiger partial charge in [0.1, 0.15) is 18.6 Å². The average molecular weight is 490 g/mol. The summed E-state index contributed by atoms with van der Waals surface area (Å²) in [7, 11) is 0. The molecule has 1 saturated heterocycles. The summed E-state index contributed by atoms with van der Waals surface area (Å²) in [6.45, 7) is 2.55. The van der Waals surface area contributed by atoms with Gasteiger partial charge in [0, 0.05) is 31.0 Å². The molecule has 13 nitrogen and oxygen atoms in total. The van der Waals surface area contributed by atoms with Gasteiger partial charge in [-0.3, -0.25) is 24.0 Å². The normalized spacial score (nSPS) is 16.5. The van der Waals surface area contributed by atoms with Gasteiger partial charge in [0.2, 0.25) is 11.8 Å². The third-order valence-corrected chi connectivity index (χ3v) is 6.07. The number of carboxylic acids is 2. The van der Waals surface area contributed by atoms with Gasteiger partial charge in [-0.1, -0.05) is 12.1 Å². The fourth-order valence-corrected chi connectivity index (χ4v) is 3.91. The lowest BCUT2D eigenvalue weighted by atomic mass is 9.99. The second-order valence-electron chi connectivity index (χ2n) is 7.75. The molecule has 0 aliphatic carbocycles. The molecule has 1 heterocycles. The summed E-state index contributed by atoms with van der Waals surface area (Å²) in [5.41, 5.74) is 5.26. The Bertz CT molecular complexity index is 754. The Labute approximate surface area is 195 Å². The van der Waals surface area contributed by atoms with Gasteiger partial charge in [-0.2, -0.15) is 11.8 Å². The first-order valence-corrected chi connectivity index (χ1v) is 11.6. The Kier molecular flexibility index (Phi) is 12.2. The number of nitrogens with two attached hydrogens (primary N) is 1. The van der Waals surface area contributed by atoms with Crippen molar-refractivity contribution in [2.24, 2.45) is 16.8 Å². The molecule has 2 unspecified atom stereocenters. The number of aliphatic carboxylic acids is 2. The number of thioether (sulfide) groups is 1. The minimum absolute atomic E-state index is 0.0378. The zero-order chi connectivity index (χ0) is 25.0. The maximum atomic E-state index is 12.6. The van der Waals surface area contributed by atoms with Crippen molar-refractivity contribution in [1.29, 1.82) is 0 Å². The molecular formula is C19H31N5O8S. The van der Waals surface area contributed by atoms with Crippen molar-refractivity contribution >= 4 is 47.1 Å². The summed E-state index contributed by atoms with van der Waals surface area (Å²) >= 11 is 1.04. The molecule has 1 aliphatic rings. The number of likely N-dealkylation sites (tertiary alicyclic amines) is 1. The standard InChI is InChI=1S/C19H31N5O8S/c1-11-4-6-24(7-5-11)18(29)14(23-32)10-33-9-13(17(28)21-8-16(26)27)22-15(25)3-2-12(20)19(30)31/h11-13,32H,2-10,20H2,1H3,(H,21,28)(H,22,25)(H,26,27)(H,30,31)/b23-14-. The van der Waals surface area contributed by atoms with E-state index in [1.807, 2.05) is 0 Å². The second-order valence-corrected chi connectivity index (χ2v) is 8.78. The molecule has 1 aliphatic heterocycles. The molecule has 14 heteroatoms. The highest BCUT2D eigenvalue weighted by atomic mass is 32.2. The molecule has 0 spiro atoms. The molecular weight excluding hydrogens is 458 g/mol. The number of carbonyl (C=O) groups excluding carboxylic acids is 3. The summed E-state index contributed by atoms with van der Waals surface area (Å²) in [4.78, 5) is 60.1. The van der Waals surface area contributed by atoms with Gasteiger partial charge in [0.15, 0.2) is 5.71 Å².